The van der Waals surface area contributed by atoms with E-state index in [-0.39, 0.29) is 23.5 Å². The highest BCUT2D eigenvalue weighted by Crippen LogP contribution is 2.18. The van der Waals surface area contributed by atoms with Crippen LogP contribution in [0.25, 0.3) is 0 Å². The maximum absolute atomic E-state index is 12.0. The Bertz CT molecular complexity index is 407. The first-order valence-electron chi connectivity index (χ1n) is 6.01. The van der Waals surface area contributed by atoms with E-state index in [9.17, 15) is 13.2 Å². The molecule has 17 heavy (non-hydrogen) atoms. The normalized spacial score (nSPS) is 22.2. The Morgan fingerprint density at radius 3 is 2.47 bits per heavy atom. The summed E-state index contributed by atoms with van der Waals surface area (Å²) >= 11 is 0. The van der Waals surface area contributed by atoms with E-state index in [0.717, 1.165) is 12.0 Å². The molecule has 0 aromatic carbocycles. The Morgan fingerprint density at radius 1 is 1.41 bits per heavy atom. The van der Waals surface area contributed by atoms with Gasteiger partial charge in [-0.05, 0) is 26.7 Å². The van der Waals surface area contributed by atoms with Crippen molar-refractivity contribution in [2.75, 3.05) is 18.1 Å². The molecule has 0 aromatic heterocycles. The van der Waals surface area contributed by atoms with Gasteiger partial charge in [0, 0.05) is 18.7 Å². The van der Waals surface area contributed by atoms with Gasteiger partial charge in [-0.15, -0.1) is 0 Å². The Labute approximate surface area is 104 Å². The van der Waals surface area contributed by atoms with Gasteiger partial charge in [-0.3, -0.25) is 4.79 Å². The summed E-state index contributed by atoms with van der Waals surface area (Å²) in [6.45, 7) is 6.36. The van der Waals surface area contributed by atoms with Crippen molar-refractivity contribution >= 4 is 15.7 Å². The van der Waals surface area contributed by atoms with Crippen LogP contribution in [0.1, 0.15) is 33.6 Å². The Morgan fingerprint density at radius 2 is 2.06 bits per heavy atom. The zero-order valence-electron chi connectivity index (χ0n) is 10.8. The molecule has 0 spiro atoms. The molecule has 1 atom stereocenters. The quantitative estimate of drug-likeness (QED) is 0.717. The van der Waals surface area contributed by atoms with Crippen molar-refractivity contribution in [3.05, 3.63) is 11.6 Å². The average Bonchev–Trinajstić information content (AvgIpc) is 2.53. The first-order valence-corrected chi connectivity index (χ1v) is 7.84. The van der Waals surface area contributed by atoms with Crippen LogP contribution in [0.4, 0.5) is 0 Å². The predicted molar refractivity (Wildman–Crippen MR) is 68.5 cm³/mol. The van der Waals surface area contributed by atoms with Crippen LogP contribution in [0.15, 0.2) is 11.6 Å². The first-order chi connectivity index (χ1) is 7.85. The fourth-order valence-corrected chi connectivity index (χ4v) is 3.80. The number of carbonyl (C=O) groups is 1. The second kappa shape index (κ2) is 5.67. The Balaban J connectivity index is 2.80. The summed E-state index contributed by atoms with van der Waals surface area (Å²) in [5.74, 6) is 0.268. The number of rotatable bonds is 4. The van der Waals surface area contributed by atoms with E-state index in [1.54, 1.807) is 11.0 Å². The third-order valence-corrected chi connectivity index (χ3v) is 4.56. The summed E-state index contributed by atoms with van der Waals surface area (Å²) in [6, 6.07) is -0.136. The molecule has 98 valence electrons. The van der Waals surface area contributed by atoms with E-state index in [0.29, 0.717) is 13.0 Å². The van der Waals surface area contributed by atoms with E-state index in [1.807, 2.05) is 20.8 Å². The van der Waals surface area contributed by atoms with Crippen molar-refractivity contribution in [2.45, 2.75) is 39.7 Å². The van der Waals surface area contributed by atoms with Gasteiger partial charge >= 0.3 is 0 Å². The molecular formula is C12H21NO3S. The smallest absolute Gasteiger partial charge is 0.246 e. The zero-order chi connectivity index (χ0) is 13.1. The van der Waals surface area contributed by atoms with Crippen LogP contribution in [0.3, 0.4) is 0 Å². The highest BCUT2D eigenvalue weighted by Gasteiger charge is 2.33. The van der Waals surface area contributed by atoms with Crippen LogP contribution < -0.4 is 0 Å². The molecule has 0 aliphatic carbocycles. The fraction of sp³-hybridized carbons (Fsp3) is 0.750. The topological polar surface area (TPSA) is 54.5 Å². The summed E-state index contributed by atoms with van der Waals surface area (Å²) in [5, 5.41) is 0. The summed E-state index contributed by atoms with van der Waals surface area (Å²) < 4.78 is 22.9. The van der Waals surface area contributed by atoms with Crippen molar-refractivity contribution in [1.82, 2.24) is 4.90 Å². The van der Waals surface area contributed by atoms with Crippen LogP contribution in [-0.4, -0.2) is 43.3 Å². The van der Waals surface area contributed by atoms with E-state index < -0.39 is 9.84 Å². The van der Waals surface area contributed by atoms with Crippen molar-refractivity contribution < 1.29 is 13.2 Å². The molecule has 1 fully saturated rings. The summed E-state index contributed by atoms with van der Waals surface area (Å²) in [5.41, 5.74) is 0.942. The number of nitrogens with zero attached hydrogens (tertiary/aromatic N) is 1. The highest BCUT2D eigenvalue weighted by atomic mass is 32.2. The van der Waals surface area contributed by atoms with Gasteiger partial charge in [-0.25, -0.2) is 8.42 Å². The lowest BCUT2D eigenvalue weighted by Crippen LogP contribution is -2.40. The number of hydrogen-bond donors (Lipinski definition) is 0. The highest BCUT2D eigenvalue weighted by molar-refractivity contribution is 7.91. The van der Waals surface area contributed by atoms with Gasteiger partial charge in [0.15, 0.2) is 9.84 Å². The predicted octanol–water partition coefficient (Wildman–Crippen LogP) is 1.38. The molecule has 0 bridgehead atoms. The molecule has 1 rings (SSSR count). The van der Waals surface area contributed by atoms with Gasteiger partial charge in [0.25, 0.3) is 0 Å². The second-order valence-electron chi connectivity index (χ2n) is 4.81. The van der Waals surface area contributed by atoms with Crippen LogP contribution in [-0.2, 0) is 14.6 Å². The average molecular weight is 259 g/mol. The number of hydrogen-bond acceptors (Lipinski definition) is 3. The summed E-state index contributed by atoms with van der Waals surface area (Å²) in [4.78, 5) is 13.7. The summed E-state index contributed by atoms with van der Waals surface area (Å²) in [6.07, 6.45) is 3.00. The van der Waals surface area contributed by atoms with Gasteiger partial charge in [-0.1, -0.05) is 12.5 Å². The van der Waals surface area contributed by atoms with E-state index >= 15 is 0 Å². The van der Waals surface area contributed by atoms with E-state index in [4.69, 9.17) is 0 Å². The number of sulfone groups is 1. The molecule has 0 saturated carbocycles. The molecule has 1 aliphatic rings. The standard InChI is InChI=1S/C12H21NO3S/c1-4-6-13(12(14)8-10(2)3)11-5-7-17(15,16)9-11/h8,11H,4-7,9H2,1-3H3/t11-/m0/s1. The van der Waals surface area contributed by atoms with Crippen LogP contribution in [0, 0.1) is 0 Å². The molecule has 0 N–H and O–H groups in total. The number of carbonyl (C=O) groups excluding carboxylic acids is 1. The van der Waals surface area contributed by atoms with Gasteiger partial charge in [0.05, 0.1) is 11.5 Å². The van der Waals surface area contributed by atoms with Crippen molar-refractivity contribution in [1.29, 1.82) is 0 Å². The lowest BCUT2D eigenvalue weighted by atomic mass is 10.2. The zero-order valence-corrected chi connectivity index (χ0v) is 11.6. The Kier molecular flexibility index (Phi) is 4.74. The lowest BCUT2D eigenvalue weighted by molar-refractivity contribution is -0.127. The maximum atomic E-state index is 12.0. The summed E-state index contributed by atoms with van der Waals surface area (Å²) in [7, 11) is -2.94. The minimum atomic E-state index is -2.94. The van der Waals surface area contributed by atoms with E-state index in [2.05, 4.69) is 0 Å². The molecule has 1 saturated heterocycles. The Hall–Kier alpha value is -0.840. The van der Waals surface area contributed by atoms with Gasteiger partial charge in [0.2, 0.25) is 5.91 Å². The molecule has 5 heteroatoms. The van der Waals surface area contributed by atoms with Crippen molar-refractivity contribution in [3.63, 3.8) is 0 Å². The molecule has 1 aliphatic heterocycles. The maximum Gasteiger partial charge on any atom is 0.246 e. The lowest BCUT2D eigenvalue weighted by Gasteiger charge is -2.26. The van der Waals surface area contributed by atoms with Crippen LogP contribution >= 0.6 is 0 Å². The SMILES string of the molecule is CCCN(C(=O)C=C(C)C)[C@H]1CCS(=O)(=O)C1. The largest absolute Gasteiger partial charge is 0.335 e. The number of amides is 1. The fourth-order valence-electron chi connectivity index (χ4n) is 2.06. The molecule has 0 radical (unpaired) electrons. The monoisotopic (exact) mass is 259 g/mol. The second-order valence-corrected chi connectivity index (χ2v) is 7.04. The molecule has 1 amide bonds. The van der Waals surface area contributed by atoms with Crippen LogP contribution in [0.2, 0.25) is 0 Å². The van der Waals surface area contributed by atoms with E-state index in [1.165, 1.54) is 0 Å². The van der Waals surface area contributed by atoms with Gasteiger partial charge < -0.3 is 4.90 Å². The number of allylic oxidation sites excluding steroid dienone is 1. The molecule has 4 nitrogen and oxygen atoms in total. The first kappa shape index (κ1) is 14.2. The molecule has 0 aromatic rings. The minimum Gasteiger partial charge on any atom is -0.335 e. The van der Waals surface area contributed by atoms with Crippen molar-refractivity contribution in [3.8, 4) is 0 Å². The third kappa shape index (κ3) is 4.15. The van der Waals surface area contributed by atoms with Gasteiger partial charge in [-0.2, -0.15) is 0 Å². The van der Waals surface area contributed by atoms with Gasteiger partial charge in [0.1, 0.15) is 0 Å². The molecule has 0 unspecified atom stereocenters. The minimum absolute atomic E-state index is 0.0612. The molecule has 1 heterocycles. The van der Waals surface area contributed by atoms with Crippen LogP contribution in [0.5, 0.6) is 0 Å². The molecular weight excluding hydrogens is 238 g/mol. The van der Waals surface area contributed by atoms with Crippen molar-refractivity contribution in [2.24, 2.45) is 0 Å². The third-order valence-electron chi connectivity index (χ3n) is 2.81.